The van der Waals surface area contributed by atoms with Gasteiger partial charge in [0.05, 0.1) is 17.9 Å². The lowest BCUT2D eigenvalue weighted by Gasteiger charge is -2.36. The number of ether oxygens (including phenoxy) is 1. The fourth-order valence-corrected chi connectivity index (χ4v) is 4.02. The van der Waals surface area contributed by atoms with Crippen molar-refractivity contribution in [2.24, 2.45) is 0 Å². The second-order valence-electron chi connectivity index (χ2n) is 7.64. The zero-order valence-electron chi connectivity index (χ0n) is 16.0. The molecule has 3 heterocycles. The highest BCUT2D eigenvalue weighted by atomic mass is 19.1. The van der Waals surface area contributed by atoms with Crippen molar-refractivity contribution in [3.63, 3.8) is 0 Å². The average molecular weight is 390 g/mol. The topological polar surface area (TPSA) is 61.5 Å². The van der Waals surface area contributed by atoms with Crippen molar-refractivity contribution in [3.8, 4) is 0 Å². The molecule has 2 atom stereocenters. The van der Waals surface area contributed by atoms with E-state index in [2.05, 4.69) is 9.97 Å². The van der Waals surface area contributed by atoms with Crippen molar-refractivity contribution in [2.45, 2.75) is 45.6 Å². The Morgan fingerprint density at radius 2 is 1.89 bits per heavy atom. The predicted molar refractivity (Wildman–Crippen MR) is 101 cm³/mol. The molecule has 4 rings (SSSR count). The zero-order chi connectivity index (χ0) is 19.8. The molecule has 2 aromatic rings. The molecule has 0 spiro atoms. The first-order chi connectivity index (χ1) is 13.4. The summed E-state index contributed by atoms with van der Waals surface area (Å²) in [6, 6.07) is 3.88. The van der Waals surface area contributed by atoms with Gasteiger partial charge in [0, 0.05) is 43.9 Å². The van der Waals surface area contributed by atoms with Crippen LogP contribution in [0.5, 0.6) is 0 Å². The second-order valence-corrected chi connectivity index (χ2v) is 7.64. The molecule has 1 aromatic heterocycles. The van der Waals surface area contributed by atoms with E-state index < -0.39 is 11.6 Å². The van der Waals surface area contributed by atoms with E-state index in [4.69, 9.17) is 4.74 Å². The van der Waals surface area contributed by atoms with Gasteiger partial charge in [-0.3, -0.25) is 14.7 Å². The van der Waals surface area contributed by atoms with E-state index in [1.54, 1.807) is 0 Å². The third-order valence-corrected chi connectivity index (χ3v) is 5.30. The Morgan fingerprint density at radius 3 is 2.57 bits per heavy atom. The van der Waals surface area contributed by atoms with E-state index in [9.17, 15) is 13.6 Å². The Kier molecular flexibility index (Phi) is 5.16. The van der Waals surface area contributed by atoms with Crippen molar-refractivity contribution in [3.05, 3.63) is 57.0 Å². The second kappa shape index (κ2) is 7.60. The minimum Gasteiger partial charge on any atom is -0.372 e. The molecule has 2 aliphatic heterocycles. The van der Waals surface area contributed by atoms with E-state index in [1.807, 2.05) is 23.6 Å². The van der Waals surface area contributed by atoms with Crippen LogP contribution in [0.3, 0.4) is 0 Å². The Labute approximate surface area is 162 Å². The van der Waals surface area contributed by atoms with Gasteiger partial charge in [-0.2, -0.15) is 0 Å². The molecule has 2 aliphatic rings. The van der Waals surface area contributed by atoms with Gasteiger partial charge in [0.15, 0.2) is 0 Å². The number of H-pyrrole nitrogens is 1. The molecule has 1 saturated heterocycles. The molecule has 0 aliphatic carbocycles. The number of hydrogen-bond donors (Lipinski definition) is 1. The van der Waals surface area contributed by atoms with Gasteiger partial charge in [-0.25, -0.2) is 13.8 Å². The number of fused-ring (bicyclic) bond motifs is 1. The van der Waals surface area contributed by atoms with E-state index in [-0.39, 0.29) is 29.9 Å². The lowest BCUT2D eigenvalue weighted by atomic mass is 10.1. The molecule has 1 N–H and O–H groups in total. The van der Waals surface area contributed by atoms with Crippen LogP contribution in [0.15, 0.2) is 23.0 Å². The van der Waals surface area contributed by atoms with Crippen LogP contribution in [0, 0.1) is 11.6 Å². The smallest absolute Gasteiger partial charge is 0.255 e. The van der Waals surface area contributed by atoms with Gasteiger partial charge >= 0.3 is 0 Å². The summed E-state index contributed by atoms with van der Waals surface area (Å²) >= 11 is 0. The molecule has 150 valence electrons. The third kappa shape index (κ3) is 3.79. The van der Waals surface area contributed by atoms with Crippen molar-refractivity contribution < 1.29 is 13.5 Å². The molecular weight excluding hydrogens is 366 g/mol. The highest BCUT2D eigenvalue weighted by molar-refractivity contribution is 5.35. The minimum absolute atomic E-state index is 0.0469. The van der Waals surface area contributed by atoms with Crippen LogP contribution in [0.4, 0.5) is 14.7 Å². The highest BCUT2D eigenvalue weighted by Gasteiger charge is 2.27. The van der Waals surface area contributed by atoms with Crippen LogP contribution in [0.2, 0.25) is 0 Å². The number of aromatic nitrogens is 2. The maximum Gasteiger partial charge on any atom is 0.255 e. The van der Waals surface area contributed by atoms with E-state index in [0.717, 1.165) is 0 Å². The molecule has 1 aromatic carbocycles. The Balaban J connectivity index is 1.57. The highest BCUT2D eigenvalue weighted by Crippen LogP contribution is 2.22. The molecule has 0 amide bonds. The molecule has 0 radical (unpaired) electrons. The minimum atomic E-state index is -0.554. The van der Waals surface area contributed by atoms with E-state index in [1.165, 1.54) is 18.2 Å². The van der Waals surface area contributed by atoms with Crippen LogP contribution < -0.4 is 10.5 Å². The normalized spacial score (nSPS) is 22.9. The van der Waals surface area contributed by atoms with E-state index in [0.29, 0.717) is 49.8 Å². The average Bonchev–Trinajstić information content (AvgIpc) is 2.64. The molecule has 6 nitrogen and oxygen atoms in total. The lowest BCUT2D eigenvalue weighted by Crippen LogP contribution is -2.47. The number of anilines is 1. The molecule has 0 bridgehead atoms. The summed E-state index contributed by atoms with van der Waals surface area (Å²) in [5, 5.41) is 0. The quantitative estimate of drug-likeness (QED) is 0.871. The summed E-state index contributed by atoms with van der Waals surface area (Å²) in [6.07, 6.45) is 0.598. The maximum atomic E-state index is 14.0. The molecular formula is C20H24F2N4O2. The Hall–Kier alpha value is -2.32. The van der Waals surface area contributed by atoms with E-state index >= 15 is 0 Å². The van der Waals surface area contributed by atoms with Gasteiger partial charge < -0.3 is 9.64 Å². The Morgan fingerprint density at radius 1 is 1.21 bits per heavy atom. The largest absolute Gasteiger partial charge is 0.372 e. The first kappa shape index (κ1) is 19.0. The maximum absolute atomic E-state index is 14.0. The number of hydrogen-bond acceptors (Lipinski definition) is 5. The molecule has 1 fully saturated rings. The SMILES string of the molecule is CC1CN(c2nc3c(c(=O)[nH]2)CCN(Cc2c(F)cccc2F)C3)CC(C)O1. The third-order valence-electron chi connectivity index (χ3n) is 5.30. The summed E-state index contributed by atoms with van der Waals surface area (Å²) in [6.45, 7) is 6.36. The van der Waals surface area contributed by atoms with Crippen molar-refractivity contribution in [1.29, 1.82) is 0 Å². The number of morpholine rings is 1. The predicted octanol–water partition coefficient (Wildman–Crippen LogP) is 2.22. The van der Waals surface area contributed by atoms with Gasteiger partial charge in [0.1, 0.15) is 11.6 Å². The summed E-state index contributed by atoms with van der Waals surface area (Å²) in [5.41, 5.74) is 1.24. The van der Waals surface area contributed by atoms with Gasteiger partial charge in [-0.1, -0.05) is 6.07 Å². The molecule has 0 saturated carbocycles. The van der Waals surface area contributed by atoms with Crippen LogP contribution in [0.1, 0.15) is 30.7 Å². The summed E-state index contributed by atoms with van der Waals surface area (Å²) in [7, 11) is 0. The molecule has 8 heteroatoms. The number of benzene rings is 1. The first-order valence-electron chi connectivity index (χ1n) is 9.58. The van der Waals surface area contributed by atoms with Crippen LogP contribution in [-0.2, 0) is 24.2 Å². The van der Waals surface area contributed by atoms with Crippen molar-refractivity contribution in [2.75, 3.05) is 24.5 Å². The Bertz CT molecular complexity index is 903. The number of halogens is 2. The first-order valence-corrected chi connectivity index (χ1v) is 9.58. The van der Waals surface area contributed by atoms with Crippen LogP contribution >= 0.6 is 0 Å². The monoisotopic (exact) mass is 390 g/mol. The van der Waals surface area contributed by atoms with Gasteiger partial charge in [0.25, 0.3) is 5.56 Å². The van der Waals surface area contributed by atoms with Gasteiger partial charge in [0.2, 0.25) is 5.95 Å². The summed E-state index contributed by atoms with van der Waals surface area (Å²) in [4.78, 5) is 24.1. The van der Waals surface area contributed by atoms with Crippen molar-refractivity contribution in [1.82, 2.24) is 14.9 Å². The lowest BCUT2D eigenvalue weighted by molar-refractivity contribution is -0.00576. The van der Waals surface area contributed by atoms with Crippen LogP contribution in [-0.4, -0.2) is 46.7 Å². The van der Waals surface area contributed by atoms with Crippen molar-refractivity contribution >= 4 is 5.95 Å². The molecule has 28 heavy (non-hydrogen) atoms. The number of nitrogens with zero attached hydrogens (tertiary/aromatic N) is 3. The summed E-state index contributed by atoms with van der Waals surface area (Å²) in [5.74, 6) is -0.576. The number of aromatic amines is 1. The number of nitrogens with one attached hydrogen (secondary N) is 1. The van der Waals surface area contributed by atoms with Gasteiger partial charge in [-0.15, -0.1) is 0 Å². The van der Waals surface area contributed by atoms with Gasteiger partial charge in [-0.05, 0) is 32.4 Å². The molecule has 2 unspecified atom stereocenters. The fraction of sp³-hybridized carbons (Fsp3) is 0.500. The standard InChI is InChI=1S/C20H24F2N4O2/c1-12-8-26(9-13(2)28-12)20-23-18-11-25(7-6-14(18)19(27)24-20)10-15-16(21)4-3-5-17(15)22/h3-5,12-13H,6-11H2,1-2H3,(H,23,24,27). The van der Waals surface area contributed by atoms with Crippen LogP contribution in [0.25, 0.3) is 0 Å². The summed E-state index contributed by atoms with van der Waals surface area (Å²) < 4.78 is 33.7. The fourth-order valence-electron chi connectivity index (χ4n) is 4.02. The zero-order valence-corrected chi connectivity index (χ0v) is 16.0. The number of rotatable bonds is 3.